The molecule has 7 rings (SSSR count). The lowest BCUT2D eigenvalue weighted by molar-refractivity contribution is 0.283. The van der Waals surface area contributed by atoms with Crippen molar-refractivity contribution in [3.8, 4) is 17.2 Å². The molecule has 82 heavy (non-hydrogen) atoms. The van der Waals surface area contributed by atoms with Crippen molar-refractivity contribution in [1.82, 2.24) is 15.0 Å². The number of aromatic hydroxyl groups is 2. The molecule has 0 saturated heterocycles. The zero-order valence-electron chi connectivity index (χ0n) is 40.2. The van der Waals surface area contributed by atoms with Gasteiger partial charge in [-0.05, 0) is 101 Å². The van der Waals surface area contributed by atoms with E-state index in [4.69, 9.17) is 25.4 Å². The Morgan fingerprint density at radius 3 is 1.51 bits per heavy atom. The van der Waals surface area contributed by atoms with Gasteiger partial charge in [-0.1, -0.05) is 0 Å². The van der Waals surface area contributed by atoms with Crippen molar-refractivity contribution >= 4 is 163 Å². The van der Waals surface area contributed by atoms with Crippen LogP contribution in [0.4, 0.5) is 46.0 Å². The van der Waals surface area contributed by atoms with Crippen molar-refractivity contribution in [3.05, 3.63) is 84.1 Å². The van der Waals surface area contributed by atoms with Crippen LogP contribution in [-0.2, 0) is 80.4 Å². The highest BCUT2D eigenvalue weighted by molar-refractivity contribution is 7.99. The molecule has 10 N–H and O–H groups in total. The Balaban J connectivity index is 1.32. The maximum atomic E-state index is 12.8. The summed E-state index contributed by atoms with van der Waals surface area (Å²) in [6.45, 7) is -1.12. The van der Waals surface area contributed by atoms with Crippen LogP contribution in [0.1, 0.15) is 0 Å². The molecule has 0 aliphatic heterocycles. The van der Waals surface area contributed by atoms with Gasteiger partial charge < -0.3 is 25.6 Å². The maximum absolute atomic E-state index is 12.8. The van der Waals surface area contributed by atoms with Crippen LogP contribution in [0, 0.1) is 0 Å². The summed E-state index contributed by atoms with van der Waals surface area (Å²) in [6.07, 6.45) is 0. The number of thioether (sulfide) groups is 1. The average molecular weight is 1320 g/mol. The predicted molar refractivity (Wildman–Crippen MR) is 287 cm³/mol. The van der Waals surface area contributed by atoms with Gasteiger partial charge in [-0.3, -0.25) is 31.5 Å². The predicted octanol–water partition coefficient (Wildman–Crippen LogP) is 6.39. The average Bonchev–Trinajstić information content (AvgIpc) is 1.36. The minimum absolute atomic E-state index is 0.000978. The lowest BCUT2D eigenvalue weighted by Gasteiger charge is -2.16. The van der Waals surface area contributed by atoms with Gasteiger partial charge in [-0.2, -0.15) is 70.6 Å². The number of rotatable bonds is 23. The molecular formula is C40H34ClN9O24S8. The summed E-state index contributed by atoms with van der Waals surface area (Å²) in [4.78, 5) is 8.04. The highest BCUT2D eigenvalue weighted by Crippen LogP contribution is 2.48. The molecule has 1 unspecified atom stereocenters. The second-order valence-corrected chi connectivity index (χ2v) is 26.7. The SMILES string of the molecule is COc1ccc(SCCOS(=O)(=O)O)cc1N=Nc1c(S(=O)(=O)O)cc2cc(S(=O)(=O)O)cc(Nc3nc(Cl)nc(Nc4cc(S(=O)(=O)O)cc5cc(S(=O)(=O)O)c(N=Nc6ccc(S(=O)CCOS(=O)(=O)O)cc6)c(O)c45)n3)c2c1O. The summed E-state index contributed by atoms with van der Waals surface area (Å²) in [6, 6.07) is 13.0. The molecule has 1 atom stereocenters. The van der Waals surface area contributed by atoms with Crippen molar-refractivity contribution in [2.45, 2.75) is 29.4 Å². The van der Waals surface area contributed by atoms with E-state index in [-0.39, 0.29) is 33.5 Å². The largest absolute Gasteiger partial charge is 0.505 e. The van der Waals surface area contributed by atoms with Gasteiger partial charge in [0.15, 0.2) is 11.5 Å². The third kappa shape index (κ3) is 15.9. The highest BCUT2D eigenvalue weighted by atomic mass is 35.5. The van der Waals surface area contributed by atoms with E-state index < -0.39 is 178 Å². The molecule has 0 fully saturated rings. The number of benzene rings is 6. The number of ether oxygens (including phenoxy) is 1. The number of nitrogens with zero attached hydrogens (tertiary/aromatic N) is 7. The molecule has 0 saturated carbocycles. The quantitative estimate of drug-likeness (QED) is 0.0143. The topological polar surface area (TPSA) is 524 Å². The van der Waals surface area contributed by atoms with Gasteiger partial charge in [-0.15, -0.1) is 27.1 Å². The van der Waals surface area contributed by atoms with Crippen molar-refractivity contribution in [1.29, 1.82) is 0 Å². The Kier molecular flexibility index (Phi) is 18.5. The van der Waals surface area contributed by atoms with E-state index in [1.807, 2.05) is 0 Å². The molecule has 0 aliphatic rings. The van der Waals surface area contributed by atoms with E-state index in [0.717, 1.165) is 11.8 Å². The molecule has 1 aromatic heterocycles. The number of halogens is 1. The number of azo groups is 2. The lowest BCUT2D eigenvalue weighted by atomic mass is 10.1. The fourth-order valence-electron chi connectivity index (χ4n) is 7.05. The Bertz CT molecular complexity index is 4540. The molecule has 0 radical (unpaired) electrons. The van der Waals surface area contributed by atoms with E-state index in [0.29, 0.717) is 41.3 Å². The van der Waals surface area contributed by atoms with Crippen molar-refractivity contribution in [3.63, 3.8) is 0 Å². The zero-order chi connectivity index (χ0) is 60.5. The first-order valence-electron chi connectivity index (χ1n) is 21.4. The number of aromatic nitrogens is 3. The Hall–Kier alpha value is -6.78. The number of phenols is 2. The monoisotopic (exact) mass is 1310 g/mol. The first-order valence-corrected chi connectivity index (χ1v) is 32.6. The van der Waals surface area contributed by atoms with Crippen LogP contribution in [0.25, 0.3) is 21.5 Å². The van der Waals surface area contributed by atoms with E-state index >= 15 is 0 Å². The maximum Gasteiger partial charge on any atom is 0.397 e. The molecule has 1 heterocycles. The first-order chi connectivity index (χ1) is 38.0. The van der Waals surface area contributed by atoms with Crippen LogP contribution < -0.4 is 15.4 Å². The van der Waals surface area contributed by atoms with E-state index in [2.05, 4.69) is 54.4 Å². The second kappa shape index (κ2) is 24.2. The van der Waals surface area contributed by atoms with Gasteiger partial charge >= 0.3 is 20.8 Å². The normalized spacial score (nSPS) is 13.3. The fraction of sp³-hybridized carbons (Fsp3) is 0.125. The van der Waals surface area contributed by atoms with Crippen LogP contribution in [-0.4, -0.2) is 139 Å². The molecule has 438 valence electrons. The minimum Gasteiger partial charge on any atom is -0.505 e. The Labute approximate surface area is 473 Å². The van der Waals surface area contributed by atoms with Crippen molar-refractivity contribution in [2.24, 2.45) is 20.5 Å². The van der Waals surface area contributed by atoms with Crippen LogP contribution in [0.5, 0.6) is 17.2 Å². The molecule has 0 bridgehead atoms. The van der Waals surface area contributed by atoms with Gasteiger partial charge in [0, 0.05) is 26.3 Å². The van der Waals surface area contributed by atoms with Gasteiger partial charge in [0.2, 0.25) is 17.2 Å². The van der Waals surface area contributed by atoms with E-state index in [9.17, 15) is 83.1 Å². The fourth-order valence-corrected chi connectivity index (χ4v) is 12.1. The first kappa shape index (κ1) is 62.8. The van der Waals surface area contributed by atoms with Crippen LogP contribution in [0.3, 0.4) is 0 Å². The number of fused-ring (bicyclic) bond motifs is 2. The number of methoxy groups -OCH3 is 1. The molecule has 42 heteroatoms. The summed E-state index contributed by atoms with van der Waals surface area (Å²) >= 11 is 7.26. The van der Waals surface area contributed by atoms with Crippen LogP contribution in [0.2, 0.25) is 5.28 Å². The van der Waals surface area contributed by atoms with Gasteiger partial charge in [0.05, 0.1) is 63.7 Å². The Morgan fingerprint density at radius 1 is 0.585 bits per heavy atom. The highest BCUT2D eigenvalue weighted by Gasteiger charge is 2.29. The van der Waals surface area contributed by atoms with Crippen molar-refractivity contribution < 1.29 is 105 Å². The summed E-state index contributed by atoms with van der Waals surface area (Å²) in [5.74, 6) is -4.17. The molecule has 0 amide bonds. The van der Waals surface area contributed by atoms with E-state index in [1.165, 1.54) is 49.6 Å². The summed E-state index contributed by atoms with van der Waals surface area (Å²) in [5, 5.41) is 41.1. The molecular weight excluding hydrogens is 1280 g/mol. The third-order valence-electron chi connectivity index (χ3n) is 10.4. The zero-order valence-corrected chi connectivity index (χ0v) is 47.5. The van der Waals surface area contributed by atoms with Gasteiger partial charge in [0.25, 0.3) is 40.5 Å². The summed E-state index contributed by atoms with van der Waals surface area (Å²) < 4.78 is 230. The summed E-state index contributed by atoms with van der Waals surface area (Å²) in [7, 11) is -31.5. The molecule has 7 aromatic rings. The van der Waals surface area contributed by atoms with E-state index in [1.54, 1.807) is 0 Å². The molecule has 33 nitrogen and oxygen atoms in total. The number of phenolic OH excluding ortho intramolecular Hbond substituents is 2. The molecule has 0 spiro atoms. The smallest absolute Gasteiger partial charge is 0.397 e. The number of hydrogen-bond donors (Lipinski definition) is 10. The number of anilines is 4. The van der Waals surface area contributed by atoms with Crippen LogP contribution in [0.15, 0.2) is 129 Å². The summed E-state index contributed by atoms with van der Waals surface area (Å²) in [5.41, 5.74) is -3.45. The lowest BCUT2D eigenvalue weighted by Crippen LogP contribution is -2.11. The standard InChI is InChI=1S/C40H34ClN9O24S8/c1-72-29-7-4-22(75-10-8-73-81(66,67)68)16-26(29)48-50-35-31(80(63,64)65)15-20-13-25(78(57,58)59)18-28(33(20)37(35)52)43-40-45-38(41)44-39(46-40)42-27-17-24(77(54,55)56)12-19-14-30(79(60,61)62)34(36(51)32(19)27)49-47-21-2-5-23(6-3-21)76(53)11-9-74-82(69,70)71/h2-7,12-18,51-52H,8-11H2,1H3,(H,54,55,56)(H,57,58,59)(H,60,61,62)(H,63,64,65)(H,66,67,68)(H,69,70,71)(H2,42,43,44,45,46). The minimum atomic E-state index is -5.41. The molecule has 6 aromatic carbocycles. The second-order valence-electron chi connectivity index (χ2n) is 15.8. The molecule has 0 aliphatic carbocycles. The Morgan fingerprint density at radius 2 is 1.06 bits per heavy atom. The van der Waals surface area contributed by atoms with Crippen molar-refractivity contribution in [2.75, 3.05) is 42.5 Å². The van der Waals surface area contributed by atoms with Gasteiger partial charge in [0.1, 0.15) is 32.6 Å². The number of hydrogen-bond acceptors (Lipinski definition) is 28. The van der Waals surface area contributed by atoms with Crippen LogP contribution >= 0.6 is 23.4 Å². The number of nitrogens with one attached hydrogen (secondary N) is 2. The third-order valence-corrected chi connectivity index (χ3v) is 17.1. The van der Waals surface area contributed by atoms with Gasteiger partial charge in [-0.25, -0.2) is 8.37 Å².